The number of hydrogen-bond acceptors (Lipinski definition) is 3. The fourth-order valence-electron chi connectivity index (χ4n) is 3.07. The number of benzene rings is 2. The molecular formula is C25H33BrN2O3. The number of hydrogen-bond donors (Lipinski definition) is 1. The van der Waals surface area contributed by atoms with Crippen LogP contribution in [0.2, 0.25) is 0 Å². The van der Waals surface area contributed by atoms with E-state index >= 15 is 0 Å². The van der Waals surface area contributed by atoms with E-state index in [-0.39, 0.29) is 24.0 Å². The van der Waals surface area contributed by atoms with E-state index in [1.807, 2.05) is 69.3 Å². The molecule has 31 heavy (non-hydrogen) atoms. The van der Waals surface area contributed by atoms with Gasteiger partial charge in [-0.2, -0.15) is 0 Å². The highest BCUT2D eigenvalue weighted by Gasteiger charge is 2.28. The van der Waals surface area contributed by atoms with Crippen molar-refractivity contribution in [3.8, 4) is 5.75 Å². The highest BCUT2D eigenvalue weighted by Crippen LogP contribution is 2.19. The zero-order valence-electron chi connectivity index (χ0n) is 19.2. The minimum Gasteiger partial charge on any atom is -0.484 e. The van der Waals surface area contributed by atoms with E-state index in [9.17, 15) is 9.59 Å². The molecule has 0 saturated carbocycles. The molecule has 5 nitrogen and oxygen atoms in total. The van der Waals surface area contributed by atoms with E-state index in [2.05, 4.69) is 35.1 Å². The van der Waals surface area contributed by atoms with Crippen LogP contribution >= 0.6 is 15.9 Å². The molecule has 0 fully saturated rings. The summed E-state index contributed by atoms with van der Waals surface area (Å²) in [5, 5.41) is 2.96. The minimum absolute atomic E-state index is 0.137. The lowest BCUT2D eigenvalue weighted by molar-refractivity contribution is -0.142. The van der Waals surface area contributed by atoms with E-state index < -0.39 is 6.04 Å². The molecule has 168 valence electrons. The number of carbonyl (C=O) groups is 2. The van der Waals surface area contributed by atoms with E-state index in [1.54, 1.807) is 11.8 Å². The van der Waals surface area contributed by atoms with Crippen LogP contribution < -0.4 is 10.1 Å². The Bertz CT molecular complexity index is 888. The van der Waals surface area contributed by atoms with E-state index in [4.69, 9.17) is 4.74 Å². The van der Waals surface area contributed by atoms with Gasteiger partial charge in [0.05, 0.1) is 0 Å². The summed E-state index contributed by atoms with van der Waals surface area (Å²) in [5.41, 5.74) is 1.76. The third-order valence-corrected chi connectivity index (χ3v) is 5.31. The normalized spacial score (nSPS) is 12.4. The number of amides is 2. The van der Waals surface area contributed by atoms with Gasteiger partial charge >= 0.3 is 0 Å². The Morgan fingerprint density at radius 2 is 1.71 bits per heavy atom. The lowest BCUT2D eigenvalue weighted by Crippen LogP contribution is -2.53. The molecule has 0 heterocycles. The SMILES string of the molecule is CC(C)c1ccc(OCC(=O)N(Cc2cccc(Br)c2)[C@H](C)C(=O)NC(C)(C)C)cc1. The van der Waals surface area contributed by atoms with Gasteiger partial charge in [0.1, 0.15) is 11.8 Å². The summed E-state index contributed by atoms with van der Waals surface area (Å²) in [6.45, 7) is 11.9. The third-order valence-electron chi connectivity index (χ3n) is 4.82. The molecular weight excluding hydrogens is 456 g/mol. The van der Waals surface area contributed by atoms with E-state index in [1.165, 1.54) is 5.56 Å². The first-order valence-corrected chi connectivity index (χ1v) is 11.3. The number of carbonyl (C=O) groups excluding carboxylic acids is 2. The Labute approximate surface area is 194 Å². The lowest BCUT2D eigenvalue weighted by atomic mass is 10.0. The first kappa shape index (κ1) is 24.9. The minimum atomic E-state index is -0.641. The molecule has 0 aliphatic rings. The van der Waals surface area contributed by atoms with Gasteiger partial charge in [-0.25, -0.2) is 0 Å². The average molecular weight is 489 g/mol. The summed E-state index contributed by atoms with van der Waals surface area (Å²) in [5.74, 6) is 0.618. The summed E-state index contributed by atoms with van der Waals surface area (Å²) in [6.07, 6.45) is 0. The summed E-state index contributed by atoms with van der Waals surface area (Å²) in [4.78, 5) is 27.4. The number of halogens is 1. The second kappa shape index (κ2) is 10.8. The first-order valence-electron chi connectivity index (χ1n) is 10.5. The van der Waals surface area contributed by atoms with Crippen molar-refractivity contribution in [3.05, 3.63) is 64.1 Å². The van der Waals surface area contributed by atoms with Crippen molar-refractivity contribution in [2.24, 2.45) is 0 Å². The van der Waals surface area contributed by atoms with Crippen LogP contribution in [0.4, 0.5) is 0 Å². The molecule has 0 radical (unpaired) electrons. The van der Waals surface area contributed by atoms with Crippen LogP contribution in [-0.2, 0) is 16.1 Å². The number of nitrogens with one attached hydrogen (secondary N) is 1. The van der Waals surface area contributed by atoms with Crippen LogP contribution in [0.5, 0.6) is 5.75 Å². The Morgan fingerprint density at radius 3 is 2.26 bits per heavy atom. The van der Waals surface area contributed by atoms with Crippen LogP contribution in [-0.4, -0.2) is 34.9 Å². The van der Waals surface area contributed by atoms with Crippen LogP contribution in [0, 0.1) is 0 Å². The standard InChI is InChI=1S/C25H33BrN2O3/c1-17(2)20-10-12-22(13-11-20)31-16-23(29)28(15-19-8-7-9-21(26)14-19)18(3)24(30)27-25(4,5)6/h7-14,17-18H,15-16H2,1-6H3,(H,27,30)/t18-/m1/s1. The second-order valence-corrected chi connectivity index (χ2v) is 9.99. The van der Waals surface area contributed by atoms with Crippen LogP contribution in [0.3, 0.4) is 0 Å². The Kier molecular flexibility index (Phi) is 8.69. The maximum absolute atomic E-state index is 13.1. The van der Waals surface area contributed by atoms with E-state index in [0.29, 0.717) is 18.2 Å². The zero-order valence-corrected chi connectivity index (χ0v) is 20.8. The van der Waals surface area contributed by atoms with Crippen LogP contribution in [0.15, 0.2) is 53.0 Å². The summed E-state index contributed by atoms with van der Waals surface area (Å²) < 4.78 is 6.67. The molecule has 0 saturated heterocycles. The summed E-state index contributed by atoms with van der Waals surface area (Å²) in [7, 11) is 0. The highest BCUT2D eigenvalue weighted by atomic mass is 79.9. The lowest BCUT2D eigenvalue weighted by Gasteiger charge is -2.31. The average Bonchev–Trinajstić information content (AvgIpc) is 2.68. The van der Waals surface area contributed by atoms with Gasteiger partial charge in [0.2, 0.25) is 5.91 Å². The fraction of sp³-hybridized carbons (Fsp3) is 0.440. The van der Waals surface area contributed by atoms with Crippen molar-refractivity contribution in [1.82, 2.24) is 10.2 Å². The molecule has 0 aromatic heterocycles. The van der Waals surface area contributed by atoms with Crippen LogP contribution in [0.25, 0.3) is 0 Å². The molecule has 2 amide bonds. The molecule has 2 aromatic carbocycles. The predicted octanol–water partition coefficient (Wildman–Crippen LogP) is 5.28. The molecule has 6 heteroatoms. The molecule has 0 unspecified atom stereocenters. The largest absolute Gasteiger partial charge is 0.484 e. The van der Waals surface area contributed by atoms with Gasteiger partial charge in [-0.3, -0.25) is 9.59 Å². The summed E-state index contributed by atoms with van der Waals surface area (Å²) >= 11 is 3.46. The number of rotatable bonds is 8. The topological polar surface area (TPSA) is 58.6 Å². The quantitative estimate of drug-likeness (QED) is 0.549. The van der Waals surface area contributed by atoms with Crippen LogP contribution in [0.1, 0.15) is 58.6 Å². The van der Waals surface area contributed by atoms with E-state index in [0.717, 1.165) is 10.0 Å². The van der Waals surface area contributed by atoms with Crippen molar-refractivity contribution >= 4 is 27.7 Å². The highest BCUT2D eigenvalue weighted by molar-refractivity contribution is 9.10. The molecule has 2 aromatic rings. The molecule has 0 aliphatic carbocycles. The van der Waals surface area contributed by atoms with Crippen molar-refractivity contribution in [1.29, 1.82) is 0 Å². The summed E-state index contributed by atoms with van der Waals surface area (Å²) in [6, 6.07) is 14.8. The zero-order chi connectivity index (χ0) is 23.2. The smallest absolute Gasteiger partial charge is 0.261 e. The second-order valence-electron chi connectivity index (χ2n) is 9.08. The maximum atomic E-state index is 13.1. The van der Waals surface area contributed by atoms with Gasteiger partial charge in [0.15, 0.2) is 6.61 Å². The van der Waals surface area contributed by atoms with Crippen molar-refractivity contribution in [2.45, 2.75) is 65.6 Å². The Balaban J connectivity index is 2.15. The number of nitrogens with zero attached hydrogens (tertiary/aromatic N) is 1. The van der Waals surface area contributed by atoms with Gasteiger partial charge in [-0.05, 0) is 69.0 Å². The van der Waals surface area contributed by atoms with Crippen molar-refractivity contribution < 1.29 is 14.3 Å². The maximum Gasteiger partial charge on any atom is 0.261 e. The molecule has 0 bridgehead atoms. The van der Waals surface area contributed by atoms with Gasteiger partial charge in [-0.15, -0.1) is 0 Å². The Hall–Kier alpha value is -2.34. The van der Waals surface area contributed by atoms with Crippen molar-refractivity contribution in [3.63, 3.8) is 0 Å². The predicted molar refractivity (Wildman–Crippen MR) is 128 cm³/mol. The van der Waals surface area contributed by atoms with Gasteiger partial charge in [0, 0.05) is 16.6 Å². The van der Waals surface area contributed by atoms with Crippen molar-refractivity contribution in [2.75, 3.05) is 6.61 Å². The molecule has 0 spiro atoms. The third kappa shape index (κ3) is 8.02. The fourth-order valence-corrected chi connectivity index (χ4v) is 3.51. The molecule has 1 N–H and O–H groups in total. The molecule has 2 rings (SSSR count). The van der Waals surface area contributed by atoms with Gasteiger partial charge in [-0.1, -0.05) is 54.0 Å². The monoisotopic (exact) mass is 488 g/mol. The molecule has 0 aliphatic heterocycles. The number of ether oxygens (including phenoxy) is 1. The first-order chi connectivity index (χ1) is 14.5. The Morgan fingerprint density at radius 1 is 1.06 bits per heavy atom. The van der Waals surface area contributed by atoms with Gasteiger partial charge in [0.25, 0.3) is 5.91 Å². The molecule has 1 atom stereocenters. The van der Waals surface area contributed by atoms with Gasteiger partial charge < -0.3 is 15.0 Å².